The number of aliphatic hydroxyl groups excluding tert-OH is 1. The molecule has 1 aliphatic heterocycles. The Kier molecular flexibility index (Phi) is 5.19. The molecule has 0 atom stereocenters. The molecule has 2 aromatic rings. The normalized spacial score (nSPS) is 14.7. The van der Waals surface area contributed by atoms with Crippen molar-refractivity contribution in [3.8, 4) is 0 Å². The third-order valence-corrected chi connectivity index (χ3v) is 4.01. The van der Waals surface area contributed by atoms with Crippen molar-refractivity contribution in [2.24, 2.45) is 0 Å². The molecule has 0 aliphatic carbocycles. The van der Waals surface area contributed by atoms with E-state index in [9.17, 15) is 9.59 Å². The number of hydrogen-bond donors (Lipinski definition) is 1. The molecule has 0 saturated carbocycles. The number of fused-ring (bicyclic) bond motifs is 1. The topological polar surface area (TPSA) is 103 Å². The van der Waals surface area contributed by atoms with Crippen LogP contribution in [0.5, 0.6) is 0 Å². The lowest BCUT2D eigenvalue weighted by Gasteiger charge is -2.31. The van der Waals surface area contributed by atoms with Crippen LogP contribution >= 0.6 is 0 Å². The summed E-state index contributed by atoms with van der Waals surface area (Å²) < 4.78 is 16.7. The summed E-state index contributed by atoms with van der Waals surface area (Å²) in [4.78, 5) is 25.9. The first-order valence-electron chi connectivity index (χ1n) is 7.92. The van der Waals surface area contributed by atoms with E-state index < -0.39 is 11.9 Å². The quantitative estimate of drug-likeness (QED) is 0.765. The minimum Gasteiger partial charge on any atom is -0.466 e. The summed E-state index contributed by atoms with van der Waals surface area (Å²) in [7, 11) is 2.49. The van der Waals surface area contributed by atoms with Crippen LogP contribution in [-0.2, 0) is 30.3 Å². The highest BCUT2D eigenvalue weighted by Gasteiger charge is 2.32. The van der Waals surface area contributed by atoms with Crippen LogP contribution in [0.15, 0.2) is 35.7 Å². The summed E-state index contributed by atoms with van der Waals surface area (Å²) >= 11 is 0. The maximum absolute atomic E-state index is 12.3. The third kappa shape index (κ3) is 3.26. The molecule has 0 fully saturated rings. The number of nitrogens with zero attached hydrogens (tertiary/aromatic N) is 3. The molecule has 9 heteroatoms. The highest BCUT2D eigenvalue weighted by atomic mass is 16.5. The van der Waals surface area contributed by atoms with Gasteiger partial charge < -0.3 is 24.2 Å². The van der Waals surface area contributed by atoms with Gasteiger partial charge in [-0.3, -0.25) is 4.68 Å². The molecule has 0 saturated heterocycles. The van der Waals surface area contributed by atoms with Crippen molar-refractivity contribution < 1.29 is 28.9 Å². The van der Waals surface area contributed by atoms with Crippen molar-refractivity contribution in [1.82, 2.24) is 9.78 Å². The van der Waals surface area contributed by atoms with Crippen LogP contribution in [0, 0.1) is 0 Å². The Bertz CT molecular complexity index is 873. The predicted octanol–water partition coefficient (Wildman–Crippen LogP) is 0.423. The maximum atomic E-state index is 12.3. The smallest absolute Gasteiger partial charge is 0.355 e. The molecule has 0 spiro atoms. The van der Waals surface area contributed by atoms with Crippen LogP contribution in [0.25, 0.3) is 10.9 Å². The summed E-state index contributed by atoms with van der Waals surface area (Å²) in [5.74, 6) is -1.29. The van der Waals surface area contributed by atoms with Crippen LogP contribution < -0.4 is 4.90 Å². The molecule has 1 aliphatic rings. The lowest BCUT2D eigenvalue weighted by Crippen LogP contribution is -2.38. The zero-order valence-electron chi connectivity index (χ0n) is 14.5. The summed E-state index contributed by atoms with van der Waals surface area (Å²) in [6, 6.07) is 5.38. The van der Waals surface area contributed by atoms with E-state index in [2.05, 4.69) is 5.10 Å². The molecule has 1 aromatic carbocycles. The van der Waals surface area contributed by atoms with Gasteiger partial charge >= 0.3 is 11.9 Å². The Labute approximate surface area is 149 Å². The zero-order valence-corrected chi connectivity index (χ0v) is 14.5. The first kappa shape index (κ1) is 17.9. The van der Waals surface area contributed by atoms with Gasteiger partial charge in [0.2, 0.25) is 0 Å². The van der Waals surface area contributed by atoms with E-state index in [1.807, 2.05) is 6.07 Å². The second-order valence-corrected chi connectivity index (χ2v) is 5.57. The van der Waals surface area contributed by atoms with Gasteiger partial charge in [0.15, 0.2) is 0 Å². The Morgan fingerprint density at radius 3 is 2.73 bits per heavy atom. The lowest BCUT2D eigenvalue weighted by atomic mass is 10.1. The molecule has 26 heavy (non-hydrogen) atoms. The Hall–Kier alpha value is -2.91. The van der Waals surface area contributed by atoms with Crippen molar-refractivity contribution in [2.75, 3.05) is 39.1 Å². The summed E-state index contributed by atoms with van der Waals surface area (Å²) in [6.07, 6.45) is 1.79. The van der Waals surface area contributed by atoms with Gasteiger partial charge in [0.05, 0.1) is 45.1 Å². The molecule has 0 amide bonds. The Morgan fingerprint density at radius 1 is 1.27 bits per heavy atom. The highest BCUT2D eigenvalue weighted by Crippen LogP contribution is 2.29. The number of hydrogen-bond acceptors (Lipinski definition) is 8. The van der Waals surface area contributed by atoms with Gasteiger partial charge in [-0.15, -0.1) is 0 Å². The van der Waals surface area contributed by atoms with Gasteiger partial charge in [0.25, 0.3) is 0 Å². The van der Waals surface area contributed by atoms with Gasteiger partial charge in [0, 0.05) is 17.3 Å². The fourth-order valence-electron chi connectivity index (χ4n) is 2.80. The van der Waals surface area contributed by atoms with E-state index in [1.165, 1.54) is 14.2 Å². The number of aliphatic hydroxyl groups is 1. The molecule has 138 valence electrons. The van der Waals surface area contributed by atoms with Crippen molar-refractivity contribution >= 4 is 28.5 Å². The average Bonchev–Trinajstić information content (AvgIpc) is 3.07. The number of benzene rings is 1. The number of aromatic nitrogens is 2. The number of ether oxygens (including phenoxy) is 3. The van der Waals surface area contributed by atoms with Crippen molar-refractivity contribution in [3.63, 3.8) is 0 Å². The van der Waals surface area contributed by atoms with Crippen LogP contribution in [0.3, 0.4) is 0 Å². The van der Waals surface area contributed by atoms with Crippen molar-refractivity contribution in [3.05, 3.63) is 35.7 Å². The predicted molar refractivity (Wildman–Crippen MR) is 91.2 cm³/mol. The molecule has 3 rings (SSSR count). The SMILES string of the molecule is COC(=O)C1=C(C(=O)OC)N(c2ccc3nn(CCO)cc3c2)COC1. The van der Waals surface area contributed by atoms with Gasteiger partial charge in [-0.25, -0.2) is 9.59 Å². The zero-order chi connectivity index (χ0) is 18.7. The maximum Gasteiger partial charge on any atom is 0.355 e. The van der Waals surface area contributed by atoms with Crippen LogP contribution in [-0.4, -0.2) is 61.0 Å². The number of rotatable bonds is 5. The van der Waals surface area contributed by atoms with Crippen molar-refractivity contribution in [1.29, 1.82) is 0 Å². The molecular weight excluding hydrogens is 342 g/mol. The number of methoxy groups -OCH3 is 2. The van der Waals surface area contributed by atoms with E-state index in [-0.39, 0.29) is 31.2 Å². The molecule has 1 aromatic heterocycles. The third-order valence-electron chi connectivity index (χ3n) is 4.01. The minimum atomic E-state index is -0.648. The Balaban J connectivity index is 2.06. The standard InChI is InChI=1S/C17H19N3O6/c1-24-16(22)13-9-26-10-20(15(13)17(23)25-2)12-3-4-14-11(7-12)8-19(18-14)5-6-21/h3-4,7-8,21H,5-6,9-10H2,1-2H3. The molecule has 0 unspecified atom stereocenters. The summed E-state index contributed by atoms with van der Waals surface area (Å²) in [5, 5.41) is 14.2. The second-order valence-electron chi connectivity index (χ2n) is 5.57. The largest absolute Gasteiger partial charge is 0.466 e. The first-order valence-corrected chi connectivity index (χ1v) is 7.92. The fourth-order valence-corrected chi connectivity index (χ4v) is 2.80. The van der Waals surface area contributed by atoms with Gasteiger partial charge in [0.1, 0.15) is 12.4 Å². The van der Waals surface area contributed by atoms with Crippen molar-refractivity contribution in [2.45, 2.75) is 6.54 Å². The molecule has 9 nitrogen and oxygen atoms in total. The number of carbonyl (C=O) groups excluding carboxylic acids is 2. The van der Waals surface area contributed by atoms with Gasteiger partial charge in [-0.2, -0.15) is 5.10 Å². The minimum absolute atomic E-state index is 0.0154. The van der Waals surface area contributed by atoms with Gasteiger partial charge in [-0.05, 0) is 18.2 Å². The van der Waals surface area contributed by atoms with E-state index in [4.69, 9.17) is 19.3 Å². The van der Waals surface area contributed by atoms with Crippen LogP contribution in [0.2, 0.25) is 0 Å². The molecule has 1 N–H and O–H groups in total. The van der Waals surface area contributed by atoms with E-state index in [0.29, 0.717) is 12.2 Å². The monoisotopic (exact) mass is 361 g/mol. The summed E-state index contributed by atoms with van der Waals surface area (Å²) in [5.41, 5.74) is 1.58. The van der Waals surface area contributed by atoms with Gasteiger partial charge in [-0.1, -0.05) is 0 Å². The van der Waals surface area contributed by atoms with Crippen LogP contribution in [0.4, 0.5) is 5.69 Å². The van der Waals surface area contributed by atoms with E-state index in [1.54, 1.807) is 27.9 Å². The highest BCUT2D eigenvalue weighted by molar-refractivity contribution is 6.03. The average molecular weight is 361 g/mol. The van der Waals surface area contributed by atoms with E-state index >= 15 is 0 Å². The fraction of sp³-hybridized carbons (Fsp3) is 0.353. The van der Waals surface area contributed by atoms with Crippen LogP contribution in [0.1, 0.15) is 0 Å². The summed E-state index contributed by atoms with van der Waals surface area (Å²) in [6.45, 7) is 0.417. The lowest BCUT2D eigenvalue weighted by molar-refractivity contribution is -0.140. The number of anilines is 1. The van der Waals surface area contributed by atoms with E-state index in [0.717, 1.165) is 10.9 Å². The molecular formula is C17H19N3O6. The second kappa shape index (κ2) is 7.54. The Morgan fingerprint density at radius 2 is 2.04 bits per heavy atom. The first-order chi connectivity index (χ1) is 12.6. The number of carbonyl (C=O) groups is 2. The molecule has 0 bridgehead atoms. The number of esters is 2. The molecule has 2 heterocycles. The molecule has 0 radical (unpaired) electrons.